The zero-order valence-corrected chi connectivity index (χ0v) is 8.42. The van der Waals surface area contributed by atoms with Crippen LogP contribution in [0, 0.1) is 0 Å². The van der Waals surface area contributed by atoms with Crippen LogP contribution in [0.1, 0.15) is 25.5 Å². The highest BCUT2D eigenvalue weighted by Gasteiger charge is 2.04. The Morgan fingerprint density at radius 1 is 1.31 bits per heavy atom. The quantitative estimate of drug-likeness (QED) is 0.682. The van der Waals surface area contributed by atoms with Gasteiger partial charge in [-0.25, -0.2) is 4.98 Å². The Bertz CT molecular complexity index is 431. The Morgan fingerprint density at radius 3 is 2.77 bits per heavy atom. The summed E-state index contributed by atoms with van der Waals surface area (Å²) in [5.41, 5.74) is 2.05. The lowest BCUT2D eigenvalue weighted by Gasteiger charge is -1.94. The predicted molar refractivity (Wildman–Crippen MR) is 54.3 cm³/mol. The molecule has 0 unspecified atom stereocenters. The molecule has 68 valence electrons. The number of hydrogen-bond acceptors (Lipinski definition) is 1. The molecule has 13 heavy (non-hydrogen) atoms. The Labute approximate surface area is 82.2 Å². The number of aromatic nitrogens is 2. The van der Waals surface area contributed by atoms with Crippen LogP contribution in [0.2, 0.25) is 5.02 Å². The predicted octanol–water partition coefficient (Wildman–Crippen LogP) is 3.11. The second-order valence-electron chi connectivity index (χ2n) is 3.43. The first kappa shape index (κ1) is 8.57. The van der Waals surface area contributed by atoms with Crippen LogP contribution < -0.4 is 0 Å². The van der Waals surface area contributed by atoms with Crippen molar-refractivity contribution in [3.8, 4) is 0 Å². The first-order valence-electron chi connectivity index (χ1n) is 4.31. The number of imidazole rings is 1. The fourth-order valence-electron chi connectivity index (χ4n) is 1.26. The SMILES string of the molecule is CC(C)c1cn2cc(Cl)ccc2n1. The third kappa shape index (κ3) is 1.54. The van der Waals surface area contributed by atoms with Crippen molar-refractivity contribution in [1.29, 1.82) is 0 Å². The molecule has 2 nitrogen and oxygen atoms in total. The molecule has 2 heterocycles. The van der Waals surface area contributed by atoms with Gasteiger partial charge >= 0.3 is 0 Å². The summed E-state index contributed by atoms with van der Waals surface area (Å²) in [4.78, 5) is 4.46. The molecule has 0 amide bonds. The molecular formula is C10H11ClN2. The van der Waals surface area contributed by atoms with Gasteiger partial charge in [0.15, 0.2) is 0 Å². The lowest BCUT2D eigenvalue weighted by Crippen LogP contribution is -1.84. The third-order valence-corrected chi connectivity index (χ3v) is 2.25. The number of rotatable bonds is 1. The van der Waals surface area contributed by atoms with Crippen molar-refractivity contribution in [1.82, 2.24) is 9.38 Å². The van der Waals surface area contributed by atoms with E-state index in [1.807, 2.05) is 28.9 Å². The van der Waals surface area contributed by atoms with Crippen LogP contribution >= 0.6 is 11.6 Å². The lowest BCUT2D eigenvalue weighted by molar-refractivity contribution is 0.834. The van der Waals surface area contributed by atoms with E-state index in [0.717, 1.165) is 16.4 Å². The molecule has 0 saturated carbocycles. The number of hydrogen-bond donors (Lipinski definition) is 0. The molecule has 0 spiro atoms. The Morgan fingerprint density at radius 2 is 2.08 bits per heavy atom. The highest BCUT2D eigenvalue weighted by Crippen LogP contribution is 2.16. The number of halogens is 1. The van der Waals surface area contributed by atoms with Crippen molar-refractivity contribution in [3.63, 3.8) is 0 Å². The summed E-state index contributed by atoms with van der Waals surface area (Å²) in [7, 11) is 0. The van der Waals surface area contributed by atoms with E-state index in [1.54, 1.807) is 0 Å². The van der Waals surface area contributed by atoms with E-state index in [1.165, 1.54) is 0 Å². The number of pyridine rings is 1. The summed E-state index contributed by atoms with van der Waals surface area (Å²) in [5.74, 6) is 0.457. The zero-order chi connectivity index (χ0) is 9.42. The van der Waals surface area contributed by atoms with Crippen LogP contribution in [0.3, 0.4) is 0 Å². The molecule has 0 saturated heterocycles. The second-order valence-corrected chi connectivity index (χ2v) is 3.87. The summed E-state index contributed by atoms with van der Waals surface area (Å²) in [6, 6.07) is 3.78. The summed E-state index contributed by atoms with van der Waals surface area (Å²) in [5, 5.41) is 0.736. The molecule has 2 rings (SSSR count). The first-order chi connectivity index (χ1) is 6.16. The van der Waals surface area contributed by atoms with E-state index < -0.39 is 0 Å². The van der Waals surface area contributed by atoms with E-state index in [2.05, 4.69) is 18.8 Å². The van der Waals surface area contributed by atoms with Gasteiger partial charge in [-0.1, -0.05) is 25.4 Å². The molecule has 2 aromatic heterocycles. The molecule has 3 heteroatoms. The van der Waals surface area contributed by atoms with Crippen LogP contribution in [0.25, 0.3) is 5.65 Å². The summed E-state index contributed by atoms with van der Waals surface area (Å²) in [6.45, 7) is 4.26. The fraction of sp³-hybridized carbons (Fsp3) is 0.300. The average molecular weight is 195 g/mol. The Hall–Kier alpha value is -1.02. The zero-order valence-electron chi connectivity index (χ0n) is 7.66. The molecule has 0 aliphatic rings. The van der Waals surface area contributed by atoms with Crippen LogP contribution in [-0.4, -0.2) is 9.38 Å². The molecule has 0 aromatic carbocycles. The molecule has 0 atom stereocenters. The summed E-state index contributed by atoms with van der Waals surface area (Å²) >= 11 is 5.86. The van der Waals surface area contributed by atoms with Crippen LogP contribution in [0.4, 0.5) is 0 Å². The van der Waals surface area contributed by atoms with Gasteiger partial charge < -0.3 is 4.40 Å². The highest BCUT2D eigenvalue weighted by molar-refractivity contribution is 6.30. The van der Waals surface area contributed by atoms with Gasteiger partial charge in [-0.2, -0.15) is 0 Å². The normalized spacial score (nSPS) is 11.4. The molecule has 0 N–H and O–H groups in total. The maximum atomic E-state index is 5.86. The van der Waals surface area contributed by atoms with E-state index >= 15 is 0 Å². The molecule has 0 bridgehead atoms. The van der Waals surface area contributed by atoms with Crippen molar-refractivity contribution < 1.29 is 0 Å². The van der Waals surface area contributed by atoms with Gasteiger partial charge in [0.25, 0.3) is 0 Å². The fourth-order valence-corrected chi connectivity index (χ4v) is 1.43. The molecule has 0 fully saturated rings. The van der Waals surface area contributed by atoms with Crippen molar-refractivity contribution in [3.05, 3.63) is 35.2 Å². The van der Waals surface area contributed by atoms with Crippen LogP contribution in [0.15, 0.2) is 24.5 Å². The minimum atomic E-state index is 0.457. The topological polar surface area (TPSA) is 17.3 Å². The maximum Gasteiger partial charge on any atom is 0.137 e. The van der Waals surface area contributed by atoms with E-state index in [4.69, 9.17) is 11.6 Å². The van der Waals surface area contributed by atoms with Gasteiger partial charge in [-0.05, 0) is 18.1 Å². The van der Waals surface area contributed by atoms with Crippen LogP contribution in [-0.2, 0) is 0 Å². The van der Waals surface area contributed by atoms with Gasteiger partial charge in [0.2, 0.25) is 0 Å². The molecule has 0 aliphatic carbocycles. The second kappa shape index (κ2) is 3.04. The monoisotopic (exact) mass is 194 g/mol. The smallest absolute Gasteiger partial charge is 0.137 e. The third-order valence-electron chi connectivity index (χ3n) is 2.03. The van der Waals surface area contributed by atoms with Crippen molar-refractivity contribution in [2.24, 2.45) is 0 Å². The largest absolute Gasteiger partial charge is 0.305 e. The average Bonchev–Trinajstić information content (AvgIpc) is 2.46. The molecular weight excluding hydrogens is 184 g/mol. The van der Waals surface area contributed by atoms with Gasteiger partial charge in [0.1, 0.15) is 5.65 Å². The van der Waals surface area contributed by atoms with Gasteiger partial charge in [0.05, 0.1) is 10.7 Å². The van der Waals surface area contributed by atoms with Gasteiger partial charge in [0, 0.05) is 12.4 Å². The first-order valence-corrected chi connectivity index (χ1v) is 4.69. The van der Waals surface area contributed by atoms with Crippen molar-refractivity contribution >= 4 is 17.2 Å². The Kier molecular flexibility index (Phi) is 2.00. The van der Waals surface area contributed by atoms with Crippen molar-refractivity contribution in [2.45, 2.75) is 19.8 Å². The van der Waals surface area contributed by atoms with E-state index in [-0.39, 0.29) is 0 Å². The highest BCUT2D eigenvalue weighted by atomic mass is 35.5. The lowest BCUT2D eigenvalue weighted by atomic mass is 10.2. The summed E-state index contributed by atoms with van der Waals surface area (Å²) < 4.78 is 1.96. The van der Waals surface area contributed by atoms with E-state index in [0.29, 0.717) is 5.92 Å². The Balaban J connectivity index is 2.62. The van der Waals surface area contributed by atoms with E-state index in [9.17, 15) is 0 Å². The maximum absolute atomic E-state index is 5.86. The number of nitrogens with zero attached hydrogens (tertiary/aromatic N) is 2. The minimum absolute atomic E-state index is 0.457. The van der Waals surface area contributed by atoms with Gasteiger partial charge in [-0.3, -0.25) is 0 Å². The summed E-state index contributed by atoms with van der Waals surface area (Å²) in [6.07, 6.45) is 3.89. The molecule has 2 aromatic rings. The van der Waals surface area contributed by atoms with Crippen molar-refractivity contribution in [2.75, 3.05) is 0 Å². The van der Waals surface area contributed by atoms with Crippen LogP contribution in [0.5, 0.6) is 0 Å². The number of fused-ring (bicyclic) bond motifs is 1. The molecule has 0 radical (unpaired) electrons. The van der Waals surface area contributed by atoms with Gasteiger partial charge in [-0.15, -0.1) is 0 Å². The molecule has 0 aliphatic heterocycles. The minimum Gasteiger partial charge on any atom is -0.305 e. The standard InChI is InChI=1S/C10H11ClN2/c1-7(2)9-6-13-5-8(11)3-4-10(13)12-9/h3-7H,1-2H3.